The summed E-state index contributed by atoms with van der Waals surface area (Å²) in [5.41, 5.74) is 4.36. The molecule has 0 saturated heterocycles. The van der Waals surface area contributed by atoms with E-state index >= 15 is 0 Å². The summed E-state index contributed by atoms with van der Waals surface area (Å²) < 4.78 is 2.17. The molecule has 0 spiro atoms. The first-order valence-corrected chi connectivity index (χ1v) is 10.1. The fourth-order valence-corrected chi connectivity index (χ4v) is 4.01. The number of hydrogen-bond donors (Lipinski definition) is 0. The zero-order valence-corrected chi connectivity index (χ0v) is 16.5. The lowest BCUT2D eigenvalue weighted by Crippen LogP contribution is -2.17. The lowest BCUT2D eigenvalue weighted by Gasteiger charge is -2.09. The molecule has 0 saturated carbocycles. The molecule has 4 rings (SSSR count). The molecule has 1 heterocycles. The van der Waals surface area contributed by atoms with Crippen LogP contribution in [0, 0.1) is 10.1 Å². The lowest BCUT2D eigenvalue weighted by molar-refractivity contribution is -0.384. The molecule has 0 fully saturated rings. The molecule has 0 radical (unpaired) electrons. The predicted molar refractivity (Wildman–Crippen MR) is 116 cm³/mol. The molecule has 144 valence electrons. The molecular formula is C23H19N3O2S. The van der Waals surface area contributed by atoms with E-state index < -0.39 is 0 Å². The number of hydrogen-bond acceptors (Lipinski definition) is 4. The van der Waals surface area contributed by atoms with Crippen LogP contribution in [0.5, 0.6) is 0 Å². The van der Waals surface area contributed by atoms with Gasteiger partial charge in [0.2, 0.25) is 0 Å². The topological polar surface area (TPSA) is 60.4 Å². The van der Waals surface area contributed by atoms with Crippen molar-refractivity contribution in [2.45, 2.75) is 13.1 Å². The standard InChI is InChI=1S/C23H19N3O2S/c27-26(28)21-13-11-20(12-14-21)22-17-29-23(24-15-18-7-3-1-4-8-18)25(22)16-19-9-5-2-6-10-19/h1-14,17H,15-16H2. The summed E-state index contributed by atoms with van der Waals surface area (Å²) >= 11 is 1.58. The lowest BCUT2D eigenvalue weighted by atomic mass is 10.1. The van der Waals surface area contributed by atoms with Gasteiger partial charge in [-0.15, -0.1) is 11.3 Å². The number of nitrogens with zero attached hydrogens (tertiary/aromatic N) is 3. The van der Waals surface area contributed by atoms with Gasteiger partial charge in [-0.3, -0.25) is 15.1 Å². The molecule has 0 aliphatic heterocycles. The van der Waals surface area contributed by atoms with Crippen LogP contribution in [0.1, 0.15) is 11.1 Å². The van der Waals surface area contributed by atoms with Crippen LogP contribution in [0.4, 0.5) is 5.69 Å². The van der Waals surface area contributed by atoms with Gasteiger partial charge in [0, 0.05) is 17.5 Å². The summed E-state index contributed by atoms with van der Waals surface area (Å²) in [5.74, 6) is 0. The van der Waals surface area contributed by atoms with Gasteiger partial charge in [-0.05, 0) is 28.8 Å². The molecule has 29 heavy (non-hydrogen) atoms. The number of thiazole rings is 1. The van der Waals surface area contributed by atoms with Gasteiger partial charge < -0.3 is 4.57 Å². The Hall–Kier alpha value is -3.51. The second-order valence-corrected chi connectivity index (χ2v) is 7.42. The first-order valence-electron chi connectivity index (χ1n) is 9.22. The Morgan fingerprint density at radius 1 is 0.862 bits per heavy atom. The van der Waals surface area contributed by atoms with Crippen molar-refractivity contribution in [2.24, 2.45) is 4.99 Å². The quantitative estimate of drug-likeness (QED) is 0.326. The van der Waals surface area contributed by atoms with Gasteiger partial charge in [0.05, 0.1) is 23.7 Å². The van der Waals surface area contributed by atoms with Crippen molar-refractivity contribution >= 4 is 17.0 Å². The number of nitro benzene ring substituents is 1. The van der Waals surface area contributed by atoms with Crippen molar-refractivity contribution in [1.29, 1.82) is 0 Å². The number of nitro groups is 1. The minimum atomic E-state index is -0.379. The summed E-state index contributed by atoms with van der Waals surface area (Å²) in [6.07, 6.45) is 0. The Balaban J connectivity index is 1.74. The second kappa shape index (κ2) is 8.67. The number of aromatic nitrogens is 1. The highest BCUT2D eigenvalue weighted by molar-refractivity contribution is 7.07. The van der Waals surface area contributed by atoms with E-state index in [0.29, 0.717) is 13.1 Å². The number of benzene rings is 3. The molecule has 1 aromatic heterocycles. The molecular weight excluding hydrogens is 382 g/mol. The van der Waals surface area contributed by atoms with Crippen LogP contribution in [-0.4, -0.2) is 9.49 Å². The van der Waals surface area contributed by atoms with E-state index in [1.165, 1.54) is 5.56 Å². The molecule has 0 amide bonds. The molecule has 0 aliphatic rings. The second-order valence-electron chi connectivity index (χ2n) is 6.58. The SMILES string of the molecule is O=[N+]([O-])c1ccc(-c2csc(=NCc3ccccc3)n2Cc2ccccc2)cc1. The molecule has 5 nitrogen and oxygen atoms in total. The molecule has 3 aromatic carbocycles. The minimum absolute atomic E-state index is 0.0903. The molecule has 0 unspecified atom stereocenters. The fraction of sp³-hybridized carbons (Fsp3) is 0.0870. The van der Waals surface area contributed by atoms with Gasteiger partial charge in [0.25, 0.3) is 5.69 Å². The van der Waals surface area contributed by atoms with Crippen LogP contribution in [0.15, 0.2) is 95.3 Å². The third kappa shape index (κ3) is 4.50. The van der Waals surface area contributed by atoms with Crippen LogP contribution in [0.25, 0.3) is 11.3 Å². The number of rotatable bonds is 6. The van der Waals surface area contributed by atoms with Crippen molar-refractivity contribution in [3.8, 4) is 11.3 Å². The van der Waals surface area contributed by atoms with Gasteiger partial charge in [-0.1, -0.05) is 60.7 Å². The van der Waals surface area contributed by atoms with Crippen LogP contribution in [0.3, 0.4) is 0 Å². The monoisotopic (exact) mass is 401 g/mol. The van der Waals surface area contributed by atoms with Gasteiger partial charge in [-0.25, -0.2) is 0 Å². The summed E-state index contributed by atoms with van der Waals surface area (Å²) in [4.78, 5) is 16.3. The van der Waals surface area contributed by atoms with Gasteiger partial charge in [0.1, 0.15) is 0 Å². The van der Waals surface area contributed by atoms with Crippen molar-refractivity contribution < 1.29 is 4.92 Å². The van der Waals surface area contributed by atoms with Crippen LogP contribution >= 0.6 is 11.3 Å². The van der Waals surface area contributed by atoms with Crippen LogP contribution in [-0.2, 0) is 13.1 Å². The Labute approximate surface area is 172 Å². The smallest absolute Gasteiger partial charge is 0.269 e. The highest BCUT2D eigenvalue weighted by atomic mass is 32.1. The first-order chi connectivity index (χ1) is 14.2. The molecule has 0 bridgehead atoms. The maximum atomic E-state index is 11.0. The third-order valence-electron chi connectivity index (χ3n) is 4.59. The van der Waals surface area contributed by atoms with E-state index in [0.717, 1.165) is 21.6 Å². The van der Waals surface area contributed by atoms with Crippen molar-refractivity contribution in [1.82, 2.24) is 4.57 Å². The molecule has 0 atom stereocenters. The summed E-state index contributed by atoms with van der Waals surface area (Å²) in [6.45, 7) is 1.29. The maximum absolute atomic E-state index is 11.0. The Kier molecular flexibility index (Phi) is 5.63. The Morgan fingerprint density at radius 2 is 1.48 bits per heavy atom. The van der Waals surface area contributed by atoms with Crippen molar-refractivity contribution in [3.63, 3.8) is 0 Å². The highest BCUT2D eigenvalue weighted by Gasteiger charge is 2.11. The Morgan fingerprint density at radius 3 is 2.10 bits per heavy atom. The van der Waals surface area contributed by atoms with E-state index in [2.05, 4.69) is 34.2 Å². The predicted octanol–water partition coefficient (Wildman–Crippen LogP) is 5.27. The van der Waals surface area contributed by atoms with E-state index in [1.807, 2.05) is 36.4 Å². The normalized spacial score (nSPS) is 11.5. The minimum Gasteiger partial charge on any atom is -0.312 e. The highest BCUT2D eigenvalue weighted by Crippen LogP contribution is 2.24. The van der Waals surface area contributed by atoms with Crippen LogP contribution in [0.2, 0.25) is 0 Å². The summed E-state index contributed by atoms with van der Waals surface area (Å²) in [7, 11) is 0. The van der Waals surface area contributed by atoms with Gasteiger partial charge in [-0.2, -0.15) is 0 Å². The number of non-ortho nitro benzene ring substituents is 1. The molecule has 0 N–H and O–H groups in total. The van der Waals surface area contributed by atoms with Crippen molar-refractivity contribution in [2.75, 3.05) is 0 Å². The summed E-state index contributed by atoms with van der Waals surface area (Å²) in [6, 6.07) is 27.0. The largest absolute Gasteiger partial charge is 0.312 e. The molecule has 4 aromatic rings. The van der Waals surface area contributed by atoms with E-state index in [9.17, 15) is 10.1 Å². The molecule has 0 aliphatic carbocycles. The van der Waals surface area contributed by atoms with E-state index in [1.54, 1.807) is 35.6 Å². The van der Waals surface area contributed by atoms with Gasteiger partial charge >= 0.3 is 0 Å². The Bertz CT molecular complexity index is 1160. The maximum Gasteiger partial charge on any atom is 0.269 e. The van der Waals surface area contributed by atoms with Crippen LogP contribution < -0.4 is 4.80 Å². The fourth-order valence-electron chi connectivity index (χ4n) is 3.10. The zero-order chi connectivity index (χ0) is 20.1. The van der Waals surface area contributed by atoms with E-state index in [-0.39, 0.29) is 10.6 Å². The van der Waals surface area contributed by atoms with Crippen molar-refractivity contribution in [3.05, 3.63) is 116 Å². The average Bonchev–Trinajstić information content (AvgIpc) is 3.16. The summed E-state index contributed by atoms with van der Waals surface area (Å²) in [5, 5.41) is 13.0. The van der Waals surface area contributed by atoms with Gasteiger partial charge in [0.15, 0.2) is 4.80 Å². The zero-order valence-electron chi connectivity index (χ0n) is 15.6. The third-order valence-corrected chi connectivity index (χ3v) is 5.50. The molecule has 6 heteroatoms. The average molecular weight is 401 g/mol. The first kappa shape index (κ1) is 18.8. The van der Waals surface area contributed by atoms with E-state index in [4.69, 9.17) is 4.99 Å².